The van der Waals surface area contributed by atoms with Crippen LogP contribution in [0, 0.1) is 0 Å². The third-order valence-corrected chi connectivity index (χ3v) is 2.37. The number of rotatable bonds is 1. The van der Waals surface area contributed by atoms with E-state index in [0.717, 1.165) is 18.7 Å². The maximum absolute atomic E-state index is 5.31. The Morgan fingerprint density at radius 3 is 3.08 bits per heavy atom. The highest BCUT2D eigenvalue weighted by Crippen LogP contribution is 2.28. The molecule has 1 heterocycles. The van der Waals surface area contributed by atoms with Gasteiger partial charge in [0, 0.05) is 25.0 Å². The Morgan fingerprint density at radius 1 is 1.50 bits per heavy atom. The SMILES string of the molecule is CN1CCc2cc(NN)ccc21. The van der Waals surface area contributed by atoms with Crippen molar-refractivity contribution in [2.24, 2.45) is 5.84 Å². The molecule has 3 N–H and O–H groups in total. The Labute approximate surface area is 72.1 Å². The van der Waals surface area contributed by atoms with E-state index in [1.165, 1.54) is 11.3 Å². The molecule has 0 amide bonds. The number of hydrazine groups is 1. The van der Waals surface area contributed by atoms with Crippen LogP contribution in [0.4, 0.5) is 11.4 Å². The van der Waals surface area contributed by atoms with Gasteiger partial charge in [-0.15, -0.1) is 0 Å². The van der Waals surface area contributed by atoms with Crippen LogP contribution in [-0.2, 0) is 6.42 Å². The molecule has 1 aliphatic rings. The van der Waals surface area contributed by atoms with Gasteiger partial charge in [-0.3, -0.25) is 5.84 Å². The van der Waals surface area contributed by atoms with E-state index < -0.39 is 0 Å². The summed E-state index contributed by atoms with van der Waals surface area (Å²) in [4.78, 5) is 2.26. The van der Waals surface area contributed by atoms with Gasteiger partial charge in [-0.1, -0.05) is 0 Å². The standard InChI is InChI=1S/C9H13N3/c1-12-5-4-7-6-8(11-10)2-3-9(7)12/h2-3,6,11H,4-5,10H2,1H3. The molecule has 0 bridgehead atoms. The fraction of sp³-hybridized carbons (Fsp3) is 0.333. The number of nitrogen functional groups attached to an aromatic ring is 1. The molecule has 0 spiro atoms. The molecule has 0 atom stereocenters. The van der Waals surface area contributed by atoms with Crippen LogP contribution >= 0.6 is 0 Å². The summed E-state index contributed by atoms with van der Waals surface area (Å²) in [6.45, 7) is 1.11. The van der Waals surface area contributed by atoms with E-state index in [9.17, 15) is 0 Å². The molecule has 1 aromatic rings. The van der Waals surface area contributed by atoms with Crippen molar-refractivity contribution in [2.75, 3.05) is 23.9 Å². The molecular weight excluding hydrogens is 150 g/mol. The van der Waals surface area contributed by atoms with Crippen molar-refractivity contribution < 1.29 is 0 Å². The maximum Gasteiger partial charge on any atom is 0.0489 e. The number of hydrogen-bond donors (Lipinski definition) is 2. The van der Waals surface area contributed by atoms with Gasteiger partial charge in [0.1, 0.15) is 0 Å². The van der Waals surface area contributed by atoms with Gasteiger partial charge in [0.2, 0.25) is 0 Å². The number of nitrogens with two attached hydrogens (primary N) is 1. The zero-order valence-corrected chi connectivity index (χ0v) is 7.17. The summed E-state index contributed by atoms with van der Waals surface area (Å²) in [6, 6.07) is 6.22. The molecule has 3 nitrogen and oxygen atoms in total. The van der Waals surface area contributed by atoms with Gasteiger partial charge in [0.05, 0.1) is 0 Å². The van der Waals surface area contributed by atoms with E-state index in [-0.39, 0.29) is 0 Å². The molecule has 0 saturated carbocycles. The summed E-state index contributed by atoms with van der Waals surface area (Å²) in [5.41, 5.74) is 6.35. The summed E-state index contributed by atoms with van der Waals surface area (Å²) in [6.07, 6.45) is 1.13. The average Bonchev–Trinajstić information content (AvgIpc) is 2.47. The minimum Gasteiger partial charge on any atom is -0.374 e. The Bertz CT molecular complexity index is 296. The smallest absolute Gasteiger partial charge is 0.0489 e. The number of fused-ring (bicyclic) bond motifs is 1. The molecule has 0 unspecified atom stereocenters. The van der Waals surface area contributed by atoms with Gasteiger partial charge in [0.15, 0.2) is 0 Å². The quantitative estimate of drug-likeness (QED) is 0.478. The van der Waals surface area contributed by atoms with Crippen molar-refractivity contribution in [1.29, 1.82) is 0 Å². The van der Waals surface area contributed by atoms with Crippen LogP contribution < -0.4 is 16.2 Å². The lowest BCUT2D eigenvalue weighted by Gasteiger charge is -2.11. The Morgan fingerprint density at radius 2 is 2.33 bits per heavy atom. The van der Waals surface area contributed by atoms with Crippen molar-refractivity contribution in [1.82, 2.24) is 0 Å². The van der Waals surface area contributed by atoms with E-state index in [0.29, 0.717) is 0 Å². The molecular formula is C9H13N3. The predicted octanol–water partition coefficient (Wildman–Crippen LogP) is 0.964. The molecule has 0 aliphatic carbocycles. The zero-order chi connectivity index (χ0) is 8.55. The summed E-state index contributed by atoms with van der Waals surface area (Å²) < 4.78 is 0. The second-order valence-electron chi connectivity index (χ2n) is 3.16. The molecule has 3 heteroatoms. The lowest BCUT2D eigenvalue weighted by atomic mass is 10.1. The third kappa shape index (κ3) is 1.02. The van der Waals surface area contributed by atoms with Crippen LogP contribution in [0.15, 0.2) is 18.2 Å². The van der Waals surface area contributed by atoms with E-state index >= 15 is 0 Å². The second-order valence-corrected chi connectivity index (χ2v) is 3.16. The van der Waals surface area contributed by atoms with E-state index in [2.05, 4.69) is 29.5 Å². The highest BCUT2D eigenvalue weighted by Gasteiger charge is 2.14. The van der Waals surface area contributed by atoms with Crippen LogP contribution in [0.25, 0.3) is 0 Å². The zero-order valence-electron chi connectivity index (χ0n) is 7.17. The molecule has 1 aliphatic heterocycles. The van der Waals surface area contributed by atoms with Crippen LogP contribution in [0.1, 0.15) is 5.56 Å². The minimum atomic E-state index is 0.990. The number of benzene rings is 1. The Kier molecular flexibility index (Phi) is 1.66. The van der Waals surface area contributed by atoms with Gasteiger partial charge < -0.3 is 10.3 Å². The van der Waals surface area contributed by atoms with Crippen molar-refractivity contribution in [2.45, 2.75) is 6.42 Å². The van der Waals surface area contributed by atoms with Crippen molar-refractivity contribution in [3.63, 3.8) is 0 Å². The fourth-order valence-corrected chi connectivity index (χ4v) is 1.66. The van der Waals surface area contributed by atoms with Crippen molar-refractivity contribution >= 4 is 11.4 Å². The minimum absolute atomic E-state index is 0.990. The monoisotopic (exact) mass is 163 g/mol. The summed E-state index contributed by atoms with van der Waals surface area (Å²) in [5.74, 6) is 5.31. The molecule has 0 radical (unpaired) electrons. The van der Waals surface area contributed by atoms with Crippen LogP contribution in [0.2, 0.25) is 0 Å². The van der Waals surface area contributed by atoms with Gasteiger partial charge in [0.25, 0.3) is 0 Å². The number of nitrogens with zero attached hydrogens (tertiary/aromatic N) is 1. The molecule has 0 aromatic heterocycles. The lowest BCUT2D eigenvalue weighted by Crippen LogP contribution is -2.12. The highest BCUT2D eigenvalue weighted by atomic mass is 15.2. The first kappa shape index (κ1) is 7.43. The Balaban J connectivity index is 2.41. The largest absolute Gasteiger partial charge is 0.374 e. The summed E-state index contributed by atoms with van der Waals surface area (Å²) >= 11 is 0. The van der Waals surface area contributed by atoms with Crippen molar-refractivity contribution in [3.05, 3.63) is 23.8 Å². The molecule has 0 saturated heterocycles. The van der Waals surface area contributed by atoms with Crippen LogP contribution in [0.5, 0.6) is 0 Å². The molecule has 0 fully saturated rings. The number of likely N-dealkylation sites (N-methyl/N-ethyl adjacent to an activating group) is 1. The van der Waals surface area contributed by atoms with E-state index in [1.54, 1.807) is 0 Å². The molecule has 64 valence electrons. The van der Waals surface area contributed by atoms with Crippen LogP contribution in [0.3, 0.4) is 0 Å². The van der Waals surface area contributed by atoms with Gasteiger partial charge in [-0.05, 0) is 30.2 Å². The first-order valence-corrected chi connectivity index (χ1v) is 4.12. The van der Waals surface area contributed by atoms with Gasteiger partial charge in [-0.25, -0.2) is 0 Å². The first-order valence-electron chi connectivity index (χ1n) is 4.12. The summed E-state index contributed by atoms with van der Waals surface area (Å²) in [5, 5.41) is 0. The number of hydrogen-bond acceptors (Lipinski definition) is 3. The normalized spacial score (nSPS) is 14.7. The fourth-order valence-electron chi connectivity index (χ4n) is 1.66. The second kappa shape index (κ2) is 2.68. The van der Waals surface area contributed by atoms with E-state index in [4.69, 9.17) is 5.84 Å². The molecule has 1 aromatic carbocycles. The third-order valence-electron chi connectivity index (χ3n) is 2.37. The topological polar surface area (TPSA) is 41.3 Å². The highest BCUT2D eigenvalue weighted by molar-refractivity contribution is 5.63. The lowest BCUT2D eigenvalue weighted by molar-refractivity contribution is 0.956. The first-order chi connectivity index (χ1) is 5.81. The molecule has 12 heavy (non-hydrogen) atoms. The average molecular weight is 163 g/mol. The number of anilines is 2. The van der Waals surface area contributed by atoms with Crippen molar-refractivity contribution in [3.8, 4) is 0 Å². The number of nitrogens with one attached hydrogen (secondary N) is 1. The predicted molar refractivity (Wildman–Crippen MR) is 51.2 cm³/mol. The van der Waals surface area contributed by atoms with Gasteiger partial charge >= 0.3 is 0 Å². The van der Waals surface area contributed by atoms with Crippen LogP contribution in [-0.4, -0.2) is 13.6 Å². The summed E-state index contributed by atoms with van der Waals surface area (Å²) in [7, 11) is 2.11. The molecule has 2 rings (SSSR count). The van der Waals surface area contributed by atoms with Gasteiger partial charge in [-0.2, -0.15) is 0 Å². The van der Waals surface area contributed by atoms with E-state index in [1.807, 2.05) is 6.07 Å². The maximum atomic E-state index is 5.31. The Hall–Kier alpha value is -1.22.